The molecule has 0 bridgehead atoms. The van der Waals surface area contributed by atoms with Crippen LogP contribution in [0.2, 0.25) is 5.02 Å². The molecule has 1 amide bonds. The second kappa shape index (κ2) is 5.55. The minimum absolute atomic E-state index is 0.0198. The summed E-state index contributed by atoms with van der Waals surface area (Å²) in [6.45, 7) is 0. The standard InChI is InChI=1S/C21H21ClN4O/c1-26-18(27)21(25-19(26)23)12-20(5-2-6-20)9-14-4-3-13(8-17(14)21)15-7-16(22)11-24-10-15/h3-4,7-8,10-11H,2,5-6,9,12H2,1H3,(H2,23,25). The summed E-state index contributed by atoms with van der Waals surface area (Å²) in [5.74, 6) is 0.283. The van der Waals surface area contributed by atoms with Crippen LogP contribution in [-0.2, 0) is 16.8 Å². The molecule has 5 nitrogen and oxygen atoms in total. The number of fused-ring (bicyclic) bond motifs is 2. The molecule has 6 heteroatoms. The minimum Gasteiger partial charge on any atom is -0.369 e. The summed E-state index contributed by atoms with van der Waals surface area (Å²) >= 11 is 6.12. The van der Waals surface area contributed by atoms with E-state index >= 15 is 0 Å². The molecule has 3 aliphatic rings. The topological polar surface area (TPSA) is 71.6 Å². The Bertz CT molecular complexity index is 997. The van der Waals surface area contributed by atoms with Crippen molar-refractivity contribution in [3.63, 3.8) is 0 Å². The molecule has 1 unspecified atom stereocenters. The highest BCUT2D eigenvalue weighted by Crippen LogP contribution is 2.58. The molecule has 2 aliphatic carbocycles. The third-order valence-corrected chi connectivity index (χ3v) is 6.72. The Kier molecular flexibility index (Phi) is 3.44. The van der Waals surface area contributed by atoms with E-state index in [0.29, 0.717) is 11.0 Å². The predicted octanol–water partition coefficient (Wildman–Crippen LogP) is 3.50. The van der Waals surface area contributed by atoms with Gasteiger partial charge in [-0.05, 0) is 59.9 Å². The quantitative estimate of drug-likeness (QED) is 0.822. The van der Waals surface area contributed by atoms with E-state index in [9.17, 15) is 4.79 Å². The Morgan fingerprint density at radius 3 is 2.63 bits per heavy atom. The molecule has 1 aromatic heterocycles. The molecule has 1 saturated carbocycles. The van der Waals surface area contributed by atoms with Crippen LogP contribution < -0.4 is 5.73 Å². The number of guanidine groups is 1. The van der Waals surface area contributed by atoms with E-state index < -0.39 is 5.54 Å². The Morgan fingerprint density at radius 2 is 2.00 bits per heavy atom. The number of nitrogens with two attached hydrogens (primary N) is 1. The summed E-state index contributed by atoms with van der Waals surface area (Å²) in [5.41, 5.74) is 9.47. The van der Waals surface area contributed by atoms with Gasteiger partial charge in [0.1, 0.15) is 0 Å². The van der Waals surface area contributed by atoms with Gasteiger partial charge in [0.05, 0.1) is 5.02 Å². The van der Waals surface area contributed by atoms with Gasteiger partial charge in [-0.25, -0.2) is 4.99 Å². The van der Waals surface area contributed by atoms with E-state index in [4.69, 9.17) is 22.3 Å². The number of rotatable bonds is 1. The van der Waals surface area contributed by atoms with Crippen LogP contribution in [0.25, 0.3) is 11.1 Å². The summed E-state index contributed by atoms with van der Waals surface area (Å²) in [7, 11) is 1.71. The lowest BCUT2D eigenvalue weighted by atomic mass is 9.55. The minimum atomic E-state index is -0.894. The van der Waals surface area contributed by atoms with Gasteiger partial charge < -0.3 is 5.73 Å². The fourth-order valence-electron chi connectivity index (χ4n) is 4.99. The molecule has 27 heavy (non-hydrogen) atoms. The van der Waals surface area contributed by atoms with Crippen molar-refractivity contribution in [1.29, 1.82) is 0 Å². The number of pyridine rings is 1. The number of benzene rings is 1. The zero-order chi connectivity index (χ0) is 18.8. The maximum Gasteiger partial charge on any atom is 0.261 e. The van der Waals surface area contributed by atoms with E-state index in [1.165, 1.54) is 16.9 Å². The smallest absolute Gasteiger partial charge is 0.261 e. The highest BCUT2D eigenvalue weighted by Gasteiger charge is 2.57. The van der Waals surface area contributed by atoms with Crippen LogP contribution in [0, 0.1) is 5.41 Å². The lowest BCUT2D eigenvalue weighted by Crippen LogP contribution is -2.49. The summed E-state index contributed by atoms with van der Waals surface area (Å²) in [5, 5.41) is 0.590. The molecule has 1 aromatic carbocycles. The van der Waals surface area contributed by atoms with Crippen LogP contribution in [0.1, 0.15) is 36.8 Å². The van der Waals surface area contributed by atoms with Crippen molar-refractivity contribution in [3.05, 3.63) is 52.8 Å². The molecule has 0 radical (unpaired) electrons. The number of hydrogen-bond acceptors (Lipinski definition) is 4. The van der Waals surface area contributed by atoms with Gasteiger partial charge in [0.25, 0.3) is 5.91 Å². The van der Waals surface area contributed by atoms with Gasteiger partial charge in [-0.15, -0.1) is 0 Å². The first-order valence-corrected chi connectivity index (χ1v) is 9.68. The number of amides is 1. The number of aromatic nitrogens is 1. The van der Waals surface area contributed by atoms with Crippen molar-refractivity contribution in [2.45, 2.75) is 37.6 Å². The van der Waals surface area contributed by atoms with Crippen molar-refractivity contribution >= 4 is 23.5 Å². The lowest BCUT2D eigenvalue weighted by molar-refractivity contribution is -0.133. The number of hydrogen-bond donors (Lipinski definition) is 1. The molecule has 0 saturated heterocycles. The van der Waals surface area contributed by atoms with Gasteiger partial charge in [0.2, 0.25) is 0 Å². The fourth-order valence-corrected chi connectivity index (χ4v) is 5.16. The molecule has 1 fully saturated rings. The second-order valence-corrected chi connectivity index (χ2v) is 8.60. The fraction of sp³-hybridized carbons (Fsp3) is 0.381. The predicted molar refractivity (Wildman–Crippen MR) is 105 cm³/mol. The van der Waals surface area contributed by atoms with Crippen molar-refractivity contribution in [3.8, 4) is 11.1 Å². The number of carbonyl (C=O) groups is 1. The van der Waals surface area contributed by atoms with Crippen LogP contribution in [-0.4, -0.2) is 28.8 Å². The van der Waals surface area contributed by atoms with Gasteiger partial charge in [-0.2, -0.15) is 0 Å². The SMILES string of the molecule is CN1C(=O)C2(CC3(CCC3)Cc3ccc(-c4cncc(Cl)c4)cc32)N=C1N. The van der Waals surface area contributed by atoms with Crippen LogP contribution in [0.3, 0.4) is 0 Å². The zero-order valence-electron chi connectivity index (χ0n) is 15.2. The molecule has 1 aliphatic heterocycles. The third kappa shape index (κ3) is 2.34. The van der Waals surface area contributed by atoms with Crippen molar-refractivity contribution < 1.29 is 4.79 Å². The van der Waals surface area contributed by atoms with Gasteiger partial charge in [-0.1, -0.05) is 30.2 Å². The molecule has 2 N–H and O–H groups in total. The Hall–Kier alpha value is -2.40. The normalized spacial score (nSPS) is 25.5. The Balaban J connectivity index is 1.70. The molecule has 138 valence electrons. The van der Waals surface area contributed by atoms with E-state index in [-0.39, 0.29) is 11.3 Å². The molecule has 1 atom stereocenters. The first-order chi connectivity index (χ1) is 12.9. The molecule has 2 aromatic rings. The van der Waals surface area contributed by atoms with Crippen LogP contribution >= 0.6 is 11.6 Å². The largest absolute Gasteiger partial charge is 0.369 e. The number of carbonyl (C=O) groups excluding carboxylic acids is 1. The second-order valence-electron chi connectivity index (χ2n) is 8.17. The molecule has 2 spiro atoms. The van der Waals surface area contributed by atoms with Gasteiger partial charge >= 0.3 is 0 Å². The van der Waals surface area contributed by atoms with Gasteiger partial charge in [-0.3, -0.25) is 14.7 Å². The summed E-state index contributed by atoms with van der Waals surface area (Å²) in [6.07, 6.45) is 8.68. The van der Waals surface area contributed by atoms with E-state index in [1.54, 1.807) is 19.4 Å². The summed E-state index contributed by atoms with van der Waals surface area (Å²) in [4.78, 5) is 23.7. The lowest BCUT2D eigenvalue weighted by Gasteiger charge is -2.50. The zero-order valence-corrected chi connectivity index (χ0v) is 16.0. The van der Waals surface area contributed by atoms with Gasteiger partial charge in [0.15, 0.2) is 11.5 Å². The van der Waals surface area contributed by atoms with Crippen molar-refractivity contribution in [1.82, 2.24) is 9.88 Å². The monoisotopic (exact) mass is 380 g/mol. The van der Waals surface area contributed by atoms with Crippen LogP contribution in [0.5, 0.6) is 0 Å². The molecular weight excluding hydrogens is 360 g/mol. The molecule has 2 heterocycles. The summed E-state index contributed by atoms with van der Waals surface area (Å²) in [6, 6.07) is 8.21. The third-order valence-electron chi connectivity index (χ3n) is 6.51. The first kappa shape index (κ1) is 16.8. The molecular formula is C21H21ClN4O. The van der Waals surface area contributed by atoms with E-state index in [2.05, 4.69) is 23.2 Å². The summed E-state index contributed by atoms with van der Waals surface area (Å²) < 4.78 is 0. The average Bonchev–Trinajstić information content (AvgIpc) is 2.84. The number of aliphatic imine (C=N–C) groups is 1. The van der Waals surface area contributed by atoms with Crippen molar-refractivity contribution in [2.75, 3.05) is 7.05 Å². The van der Waals surface area contributed by atoms with E-state index in [1.807, 2.05) is 6.07 Å². The van der Waals surface area contributed by atoms with Crippen LogP contribution in [0.15, 0.2) is 41.7 Å². The van der Waals surface area contributed by atoms with Crippen molar-refractivity contribution in [2.24, 2.45) is 16.1 Å². The highest BCUT2D eigenvalue weighted by atomic mass is 35.5. The number of halogens is 1. The first-order valence-electron chi connectivity index (χ1n) is 9.30. The van der Waals surface area contributed by atoms with E-state index in [0.717, 1.165) is 42.4 Å². The maximum atomic E-state index is 13.3. The van der Waals surface area contributed by atoms with Gasteiger partial charge in [0, 0.05) is 25.0 Å². The maximum absolute atomic E-state index is 13.3. The number of likely N-dealkylation sites (N-methyl/N-ethyl adjacent to an activating group) is 1. The highest BCUT2D eigenvalue weighted by molar-refractivity contribution is 6.30. The Morgan fingerprint density at radius 1 is 1.19 bits per heavy atom. The number of nitrogens with zero attached hydrogens (tertiary/aromatic N) is 3. The Labute approximate surface area is 163 Å². The molecule has 5 rings (SSSR count). The average molecular weight is 381 g/mol. The van der Waals surface area contributed by atoms with Crippen LogP contribution in [0.4, 0.5) is 0 Å².